The van der Waals surface area contributed by atoms with Crippen LogP contribution < -0.4 is 9.62 Å². The Morgan fingerprint density at radius 2 is 1.85 bits per heavy atom. The van der Waals surface area contributed by atoms with Gasteiger partial charge < -0.3 is 10.4 Å². The first-order chi connectivity index (χ1) is 18.3. The number of nitrogens with zero attached hydrogens (tertiary/aromatic N) is 4. The van der Waals surface area contributed by atoms with E-state index in [0.717, 1.165) is 16.4 Å². The zero-order valence-electron chi connectivity index (χ0n) is 21.2. The van der Waals surface area contributed by atoms with Crippen molar-refractivity contribution >= 4 is 21.4 Å². The molecule has 2 aromatic carbocycles. The molecule has 0 fully saturated rings. The summed E-state index contributed by atoms with van der Waals surface area (Å²) in [5, 5.41) is 17.0. The number of halogens is 4. The van der Waals surface area contributed by atoms with Crippen LogP contribution in [0.3, 0.4) is 0 Å². The van der Waals surface area contributed by atoms with Crippen LogP contribution in [-0.2, 0) is 30.0 Å². The van der Waals surface area contributed by atoms with Crippen molar-refractivity contribution in [3.8, 4) is 16.9 Å². The number of hydrogen-bond acceptors (Lipinski definition) is 6. The predicted molar refractivity (Wildman–Crippen MR) is 138 cm³/mol. The van der Waals surface area contributed by atoms with Gasteiger partial charge in [-0.2, -0.15) is 18.3 Å². The molecule has 13 heteroatoms. The molecule has 0 amide bonds. The van der Waals surface area contributed by atoms with Crippen LogP contribution in [0.1, 0.15) is 16.8 Å². The Balaban J connectivity index is 1.90. The Bertz CT molecular complexity index is 1600. The number of rotatable bonds is 8. The van der Waals surface area contributed by atoms with E-state index in [1.807, 2.05) is 0 Å². The zero-order valence-corrected chi connectivity index (χ0v) is 22.0. The number of benzene rings is 2. The van der Waals surface area contributed by atoms with Gasteiger partial charge in [-0.3, -0.25) is 14.0 Å². The number of hydrogen-bond donors (Lipinski definition) is 2. The fraction of sp³-hybridized carbons (Fsp3) is 0.231. The third-order valence-corrected chi connectivity index (χ3v) is 7.82. The van der Waals surface area contributed by atoms with E-state index in [1.54, 1.807) is 26.2 Å². The number of aromatic nitrogens is 3. The van der Waals surface area contributed by atoms with E-state index < -0.39 is 34.2 Å². The molecule has 0 bridgehead atoms. The minimum Gasteiger partial charge on any atom is -0.505 e. The molecule has 0 aliphatic carbocycles. The van der Waals surface area contributed by atoms with E-state index in [2.05, 4.69) is 15.4 Å². The van der Waals surface area contributed by atoms with Gasteiger partial charge in [-0.15, -0.1) is 0 Å². The lowest BCUT2D eigenvalue weighted by atomic mass is 9.92. The summed E-state index contributed by atoms with van der Waals surface area (Å²) >= 11 is 0. The number of nitrogens with one attached hydrogen (secondary N) is 1. The second kappa shape index (κ2) is 10.6. The smallest absolute Gasteiger partial charge is 0.393 e. The molecule has 8 nitrogen and oxygen atoms in total. The van der Waals surface area contributed by atoms with Gasteiger partial charge in [-0.25, -0.2) is 12.8 Å². The minimum atomic E-state index is -4.65. The van der Waals surface area contributed by atoms with Crippen molar-refractivity contribution in [1.29, 1.82) is 0 Å². The standard InChI is InChI=1S/C26H25F4N5O3S/c1-16-7-8-19(13-31-16)39(37,38)35(3)24-6-4-5-20(22(24)14-32-18-12-33-34(2)15-18)21-10-23(27)25(36)9-17(21)11-26(28,29)30/h4-10,12-13,15,32,36H,11,14H2,1-3H3. The molecule has 0 radical (unpaired) electrons. The number of phenols is 1. The van der Waals surface area contributed by atoms with Crippen LogP contribution in [0.15, 0.2) is 66.0 Å². The molecule has 2 N–H and O–H groups in total. The highest BCUT2D eigenvalue weighted by molar-refractivity contribution is 7.92. The van der Waals surface area contributed by atoms with Gasteiger partial charge in [0, 0.05) is 44.3 Å². The van der Waals surface area contributed by atoms with E-state index in [0.29, 0.717) is 11.4 Å². The molecule has 206 valence electrons. The number of anilines is 2. The van der Waals surface area contributed by atoms with Gasteiger partial charge in [-0.05, 0) is 53.9 Å². The molecular weight excluding hydrogens is 538 g/mol. The molecule has 4 aromatic rings. The first kappa shape index (κ1) is 27.9. The van der Waals surface area contributed by atoms with Crippen molar-refractivity contribution in [2.75, 3.05) is 16.7 Å². The molecule has 0 saturated heterocycles. The number of pyridine rings is 1. The van der Waals surface area contributed by atoms with E-state index >= 15 is 0 Å². The Kier molecular flexibility index (Phi) is 7.55. The summed E-state index contributed by atoms with van der Waals surface area (Å²) in [5.74, 6) is -2.03. The van der Waals surface area contributed by atoms with Crippen molar-refractivity contribution in [2.24, 2.45) is 7.05 Å². The highest BCUT2D eigenvalue weighted by Gasteiger charge is 2.31. The lowest BCUT2D eigenvalue weighted by Crippen LogP contribution is -2.28. The monoisotopic (exact) mass is 563 g/mol. The van der Waals surface area contributed by atoms with Gasteiger partial charge in [0.05, 0.1) is 24.0 Å². The second-order valence-electron chi connectivity index (χ2n) is 8.92. The van der Waals surface area contributed by atoms with Crippen molar-refractivity contribution in [3.63, 3.8) is 0 Å². The van der Waals surface area contributed by atoms with Crippen LogP contribution in [0.5, 0.6) is 5.75 Å². The number of sulfonamides is 1. The average Bonchev–Trinajstić information content (AvgIpc) is 3.28. The van der Waals surface area contributed by atoms with Crippen LogP contribution in [0.25, 0.3) is 11.1 Å². The SMILES string of the molecule is Cc1ccc(S(=O)(=O)N(C)c2cccc(-c3cc(F)c(O)cc3CC(F)(F)F)c2CNc2cnn(C)c2)cn1. The van der Waals surface area contributed by atoms with E-state index in [4.69, 9.17) is 0 Å². The highest BCUT2D eigenvalue weighted by atomic mass is 32.2. The molecule has 0 saturated carbocycles. The lowest BCUT2D eigenvalue weighted by molar-refractivity contribution is -0.127. The quantitative estimate of drug-likeness (QED) is 0.287. The lowest BCUT2D eigenvalue weighted by Gasteiger charge is -2.25. The van der Waals surface area contributed by atoms with Gasteiger partial charge in [0.1, 0.15) is 4.90 Å². The summed E-state index contributed by atoms with van der Waals surface area (Å²) in [7, 11) is -1.12. The molecule has 4 rings (SSSR count). The topological polar surface area (TPSA) is 100 Å². The summed E-state index contributed by atoms with van der Waals surface area (Å²) in [5.41, 5.74) is 1.28. The minimum absolute atomic E-state index is 0.0445. The molecular formula is C26H25F4N5O3S. The number of alkyl halides is 3. The van der Waals surface area contributed by atoms with E-state index in [1.165, 1.54) is 48.4 Å². The Morgan fingerprint density at radius 1 is 1.10 bits per heavy atom. The molecule has 2 heterocycles. The molecule has 0 unspecified atom stereocenters. The van der Waals surface area contributed by atoms with Crippen LogP contribution in [0.2, 0.25) is 0 Å². The number of aromatic hydroxyl groups is 1. The fourth-order valence-corrected chi connectivity index (χ4v) is 5.30. The van der Waals surface area contributed by atoms with Gasteiger partial charge in [0.25, 0.3) is 10.0 Å². The molecule has 2 aromatic heterocycles. The summed E-state index contributed by atoms with van der Waals surface area (Å²) in [6, 6.07) is 8.96. The maximum Gasteiger partial charge on any atom is 0.393 e. The fourth-order valence-electron chi connectivity index (χ4n) is 4.12. The van der Waals surface area contributed by atoms with Crippen LogP contribution >= 0.6 is 0 Å². The highest BCUT2D eigenvalue weighted by Crippen LogP contribution is 2.39. The van der Waals surface area contributed by atoms with Gasteiger partial charge in [-0.1, -0.05) is 12.1 Å². The van der Waals surface area contributed by atoms with Crippen molar-refractivity contribution in [2.45, 2.75) is 31.0 Å². The molecule has 39 heavy (non-hydrogen) atoms. The van der Waals surface area contributed by atoms with Gasteiger partial charge in [0.2, 0.25) is 0 Å². The van der Waals surface area contributed by atoms with Crippen LogP contribution in [0.4, 0.5) is 28.9 Å². The van der Waals surface area contributed by atoms with Crippen molar-refractivity contribution < 1.29 is 31.1 Å². The summed E-state index contributed by atoms with van der Waals surface area (Å²) in [6.07, 6.45) is -1.68. The number of aryl methyl sites for hydroxylation is 2. The first-order valence-electron chi connectivity index (χ1n) is 11.6. The summed E-state index contributed by atoms with van der Waals surface area (Å²) in [6.45, 7) is 1.66. The maximum atomic E-state index is 14.5. The van der Waals surface area contributed by atoms with Crippen molar-refractivity contribution in [3.05, 3.63) is 83.7 Å². The Labute approximate surface area is 222 Å². The van der Waals surface area contributed by atoms with E-state index in [-0.39, 0.29) is 39.4 Å². The van der Waals surface area contributed by atoms with Crippen LogP contribution in [0, 0.1) is 12.7 Å². The van der Waals surface area contributed by atoms with Crippen LogP contribution in [-0.4, -0.2) is 41.5 Å². The molecule has 0 spiro atoms. The average molecular weight is 564 g/mol. The first-order valence-corrected chi connectivity index (χ1v) is 13.0. The van der Waals surface area contributed by atoms with Gasteiger partial charge in [0.15, 0.2) is 11.6 Å². The zero-order chi connectivity index (χ0) is 28.5. The molecule has 0 atom stereocenters. The van der Waals surface area contributed by atoms with Crippen molar-refractivity contribution in [1.82, 2.24) is 14.8 Å². The molecule has 0 aliphatic rings. The Hall–Kier alpha value is -4.13. The summed E-state index contributed by atoms with van der Waals surface area (Å²) < 4.78 is 84.3. The third-order valence-electron chi connectivity index (χ3n) is 6.06. The maximum absolute atomic E-state index is 14.5. The largest absolute Gasteiger partial charge is 0.505 e. The normalized spacial score (nSPS) is 12.0. The Morgan fingerprint density at radius 3 is 2.46 bits per heavy atom. The second-order valence-corrected chi connectivity index (χ2v) is 10.9. The van der Waals surface area contributed by atoms with Gasteiger partial charge >= 0.3 is 6.18 Å². The third kappa shape index (κ3) is 6.14. The van der Waals surface area contributed by atoms with E-state index in [9.17, 15) is 31.1 Å². The number of phenolic OH excluding ortho intramolecular Hbond substituents is 1. The molecule has 0 aliphatic heterocycles. The predicted octanol–water partition coefficient (Wildman–Crippen LogP) is 5.18. The summed E-state index contributed by atoms with van der Waals surface area (Å²) in [4.78, 5) is 3.97.